The highest BCUT2D eigenvalue weighted by atomic mass is 16.5. The number of fused-ring (bicyclic) bond motifs is 1. The molecule has 1 saturated heterocycles. The molecule has 0 radical (unpaired) electrons. The van der Waals surface area contributed by atoms with E-state index in [9.17, 15) is 14.7 Å². The molecule has 1 unspecified atom stereocenters. The first-order valence-electron chi connectivity index (χ1n) is 10.4. The van der Waals surface area contributed by atoms with E-state index in [4.69, 9.17) is 9.47 Å². The molecule has 0 spiro atoms. The zero-order valence-corrected chi connectivity index (χ0v) is 18.4. The number of methoxy groups -OCH3 is 2. The summed E-state index contributed by atoms with van der Waals surface area (Å²) in [4.78, 5) is 39.6. The smallest absolute Gasteiger partial charge is 0.302 e. The van der Waals surface area contributed by atoms with Crippen molar-refractivity contribution in [3.05, 3.63) is 83.7 Å². The number of ketones is 1. The molecule has 5 rings (SSSR count). The van der Waals surface area contributed by atoms with Crippen molar-refractivity contribution in [1.29, 1.82) is 0 Å². The summed E-state index contributed by atoms with van der Waals surface area (Å²) in [5.41, 5.74) is 1.86. The van der Waals surface area contributed by atoms with Gasteiger partial charge in [-0.1, -0.05) is 36.4 Å². The molecular weight excluding hydrogens is 436 g/mol. The van der Waals surface area contributed by atoms with Crippen molar-refractivity contribution >= 4 is 34.4 Å². The summed E-state index contributed by atoms with van der Waals surface area (Å²) in [5, 5.41) is 11.1. The van der Waals surface area contributed by atoms with Gasteiger partial charge >= 0.3 is 5.91 Å². The number of imidazole rings is 1. The summed E-state index contributed by atoms with van der Waals surface area (Å²) in [6, 6.07) is 16.2. The van der Waals surface area contributed by atoms with Crippen LogP contribution >= 0.6 is 0 Å². The van der Waals surface area contributed by atoms with Gasteiger partial charge in [0, 0.05) is 23.9 Å². The van der Waals surface area contributed by atoms with Gasteiger partial charge in [-0.3, -0.25) is 19.5 Å². The number of nitrogens with one attached hydrogen (secondary N) is 1. The average Bonchev–Trinajstić information content (AvgIpc) is 3.41. The quantitative estimate of drug-likeness (QED) is 0.268. The highest BCUT2D eigenvalue weighted by Gasteiger charge is 2.48. The normalized spacial score (nSPS) is 17.4. The maximum atomic E-state index is 13.3. The lowest BCUT2D eigenvalue weighted by molar-refractivity contribution is -0.132. The first-order valence-corrected chi connectivity index (χ1v) is 10.4. The molecule has 0 bridgehead atoms. The van der Waals surface area contributed by atoms with Gasteiger partial charge in [0.05, 0.1) is 36.5 Å². The van der Waals surface area contributed by atoms with Crippen LogP contribution in [-0.4, -0.2) is 46.0 Å². The lowest BCUT2D eigenvalue weighted by atomic mass is 9.98. The average molecular weight is 456 g/mol. The number of carbonyl (C=O) groups excluding carboxylic acids is 2. The van der Waals surface area contributed by atoms with Crippen LogP contribution in [0.2, 0.25) is 0 Å². The predicted molar refractivity (Wildman–Crippen MR) is 125 cm³/mol. The Morgan fingerprint density at radius 3 is 2.38 bits per heavy atom. The van der Waals surface area contributed by atoms with E-state index in [1.807, 2.05) is 0 Å². The van der Waals surface area contributed by atoms with Crippen LogP contribution in [0.4, 0.5) is 5.95 Å². The van der Waals surface area contributed by atoms with Gasteiger partial charge < -0.3 is 19.6 Å². The number of Topliss-reactive ketones (excluding diaryl/α,β-unsaturated/α-hetero) is 1. The fourth-order valence-corrected chi connectivity index (χ4v) is 4.06. The van der Waals surface area contributed by atoms with Gasteiger partial charge in [-0.15, -0.1) is 0 Å². The van der Waals surface area contributed by atoms with Gasteiger partial charge in [-0.2, -0.15) is 0 Å². The zero-order chi connectivity index (χ0) is 23.8. The summed E-state index contributed by atoms with van der Waals surface area (Å²) in [6.07, 6.45) is 1.56. The van der Waals surface area contributed by atoms with Crippen LogP contribution in [0.25, 0.3) is 16.8 Å². The fourth-order valence-electron chi connectivity index (χ4n) is 4.06. The third kappa shape index (κ3) is 3.34. The molecule has 1 aliphatic heterocycles. The molecule has 9 nitrogen and oxygen atoms in total. The molecule has 2 aromatic heterocycles. The van der Waals surface area contributed by atoms with E-state index in [0.717, 1.165) is 0 Å². The molecule has 9 heteroatoms. The summed E-state index contributed by atoms with van der Waals surface area (Å²) in [5.74, 6) is -0.844. The maximum absolute atomic E-state index is 13.3. The number of rotatable bonds is 5. The number of hydrogen-bond acceptors (Lipinski definition) is 7. The molecule has 34 heavy (non-hydrogen) atoms. The first-order chi connectivity index (χ1) is 16.5. The molecule has 2 N–H and O–H groups in total. The number of H-pyrrole nitrogens is 1. The van der Waals surface area contributed by atoms with Crippen molar-refractivity contribution in [3.63, 3.8) is 0 Å². The number of pyridine rings is 1. The number of carbonyl (C=O) groups is 2. The Morgan fingerprint density at radius 1 is 1.00 bits per heavy atom. The number of aliphatic hydroxyl groups is 1. The highest BCUT2D eigenvalue weighted by molar-refractivity contribution is 6.51. The Hall–Kier alpha value is -4.66. The SMILES string of the molecule is COc1cc2nc(N3C(=O)C(=O)/C(=C(/O)c4ccccc4)C3c3ccccn3)[nH]c2cc1OC. The number of ether oxygens (including phenoxy) is 2. The third-order valence-corrected chi connectivity index (χ3v) is 5.66. The Kier molecular flexibility index (Phi) is 5.21. The van der Waals surface area contributed by atoms with Crippen molar-refractivity contribution in [3.8, 4) is 11.5 Å². The van der Waals surface area contributed by atoms with Gasteiger partial charge in [-0.05, 0) is 12.1 Å². The minimum absolute atomic E-state index is 0.0643. The number of aromatic nitrogens is 3. The molecule has 3 heterocycles. The van der Waals surface area contributed by atoms with Crippen molar-refractivity contribution in [2.75, 3.05) is 19.1 Å². The Morgan fingerprint density at radius 2 is 1.71 bits per heavy atom. The number of aliphatic hydroxyl groups excluding tert-OH is 1. The van der Waals surface area contributed by atoms with Crippen LogP contribution in [-0.2, 0) is 9.59 Å². The Labute approximate surface area is 194 Å². The monoisotopic (exact) mass is 456 g/mol. The zero-order valence-electron chi connectivity index (χ0n) is 18.4. The minimum Gasteiger partial charge on any atom is -0.507 e. The number of nitrogens with zero attached hydrogens (tertiary/aromatic N) is 3. The molecule has 0 aliphatic carbocycles. The predicted octanol–water partition coefficient (Wildman–Crippen LogP) is 3.60. The van der Waals surface area contributed by atoms with E-state index < -0.39 is 17.7 Å². The van der Waals surface area contributed by atoms with Crippen molar-refractivity contribution in [1.82, 2.24) is 15.0 Å². The fraction of sp³-hybridized carbons (Fsp3) is 0.120. The second kappa shape index (κ2) is 8.36. The topological polar surface area (TPSA) is 118 Å². The number of amides is 1. The van der Waals surface area contributed by atoms with E-state index in [2.05, 4.69) is 15.0 Å². The summed E-state index contributed by atoms with van der Waals surface area (Å²) in [7, 11) is 3.03. The number of anilines is 1. The van der Waals surface area contributed by atoms with E-state index in [0.29, 0.717) is 33.8 Å². The Balaban J connectivity index is 1.71. The summed E-state index contributed by atoms with van der Waals surface area (Å²) in [6.45, 7) is 0. The van der Waals surface area contributed by atoms with Crippen molar-refractivity contribution in [2.24, 2.45) is 0 Å². The van der Waals surface area contributed by atoms with Crippen molar-refractivity contribution < 1.29 is 24.2 Å². The van der Waals surface area contributed by atoms with Crippen LogP contribution in [0, 0.1) is 0 Å². The Bertz CT molecular complexity index is 1390. The molecule has 1 fully saturated rings. The number of benzene rings is 2. The van der Waals surface area contributed by atoms with Gasteiger partial charge in [0.25, 0.3) is 5.78 Å². The lowest BCUT2D eigenvalue weighted by Crippen LogP contribution is -2.30. The maximum Gasteiger partial charge on any atom is 0.302 e. The summed E-state index contributed by atoms with van der Waals surface area (Å²) >= 11 is 0. The van der Waals surface area contributed by atoms with E-state index in [1.54, 1.807) is 66.9 Å². The van der Waals surface area contributed by atoms with Crippen molar-refractivity contribution in [2.45, 2.75) is 6.04 Å². The third-order valence-electron chi connectivity index (χ3n) is 5.66. The van der Waals surface area contributed by atoms with Crippen LogP contribution in [0.5, 0.6) is 11.5 Å². The van der Waals surface area contributed by atoms with Gasteiger partial charge in [0.1, 0.15) is 11.8 Å². The van der Waals surface area contributed by atoms with E-state index >= 15 is 0 Å². The second-order valence-corrected chi connectivity index (χ2v) is 7.57. The van der Waals surface area contributed by atoms with E-state index in [1.165, 1.54) is 19.1 Å². The largest absolute Gasteiger partial charge is 0.507 e. The van der Waals surface area contributed by atoms with Crippen LogP contribution in [0.15, 0.2) is 72.4 Å². The highest BCUT2D eigenvalue weighted by Crippen LogP contribution is 2.41. The molecule has 170 valence electrons. The lowest BCUT2D eigenvalue weighted by Gasteiger charge is -2.22. The molecule has 0 saturated carbocycles. The molecule has 2 aromatic carbocycles. The minimum atomic E-state index is -0.981. The number of aromatic amines is 1. The molecule has 1 amide bonds. The molecular formula is C25H20N4O5. The molecule has 1 atom stereocenters. The number of hydrogen-bond donors (Lipinski definition) is 2. The van der Waals surface area contributed by atoms with Gasteiger partial charge in [0.2, 0.25) is 5.95 Å². The first kappa shape index (κ1) is 21.2. The van der Waals surface area contributed by atoms with E-state index in [-0.39, 0.29) is 17.3 Å². The van der Waals surface area contributed by atoms with Crippen LogP contribution in [0.3, 0.4) is 0 Å². The summed E-state index contributed by atoms with van der Waals surface area (Å²) < 4.78 is 10.7. The van der Waals surface area contributed by atoms with Gasteiger partial charge in [0.15, 0.2) is 11.5 Å². The van der Waals surface area contributed by atoms with Gasteiger partial charge in [-0.25, -0.2) is 4.98 Å². The standard InChI is InChI=1S/C25H20N4O5/c1-33-18-12-16-17(13-19(18)34-2)28-25(27-16)29-21(15-10-6-7-11-26-15)20(23(31)24(29)32)22(30)14-8-4-3-5-9-14/h3-13,21,30H,1-2H3,(H,27,28)/b22-20+. The van der Waals surface area contributed by atoms with Crippen LogP contribution in [0.1, 0.15) is 17.3 Å². The molecule has 1 aliphatic rings. The molecule has 4 aromatic rings. The van der Waals surface area contributed by atoms with Crippen LogP contribution < -0.4 is 14.4 Å². The second-order valence-electron chi connectivity index (χ2n) is 7.57.